The number of anilines is 1. The van der Waals surface area contributed by atoms with Crippen LogP contribution < -0.4 is 10.5 Å². The zero-order valence-corrected chi connectivity index (χ0v) is 24.6. The SMILES string of the molecule is CC(O)C(=O)C1(O)CCN(c2nc3ccccc3n([C@@H](C)C[C@@H]3CCC(C)N3C3CCCCCCC3)c2=O)CC1. The summed E-state index contributed by atoms with van der Waals surface area (Å²) in [6.07, 6.45) is 11.7. The van der Waals surface area contributed by atoms with Crippen molar-refractivity contribution in [1.82, 2.24) is 14.5 Å². The summed E-state index contributed by atoms with van der Waals surface area (Å²) >= 11 is 0. The van der Waals surface area contributed by atoms with Gasteiger partial charge in [-0.3, -0.25) is 14.5 Å². The first-order valence-electron chi connectivity index (χ1n) is 15.7. The van der Waals surface area contributed by atoms with Crippen LogP contribution in [0.1, 0.15) is 104 Å². The number of ketones is 1. The van der Waals surface area contributed by atoms with E-state index in [0.29, 0.717) is 37.0 Å². The number of aliphatic hydroxyl groups excluding tert-OH is 1. The number of benzene rings is 1. The van der Waals surface area contributed by atoms with Gasteiger partial charge in [-0.15, -0.1) is 0 Å². The number of fused-ring (bicyclic) bond motifs is 1. The Morgan fingerprint density at radius 2 is 1.68 bits per heavy atom. The molecule has 8 heteroatoms. The molecule has 1 aliphatic carbocycles. The Balaban J connectivity index is 1.41. The third-order valence-electron chi connectivity index (χ3n) is 9.90. The highest BCUT2D eigenvalue weighted by Gasteiger charge is 2.42. The van der Waals surface area contributed by atoms with Gasteiger partial charge in [0.1, 0.15) is 11.7 Å². The fraction of sp³-hybridized carbons (Fsp3) is 0.719. The Kier molecular flexibility index (Phi) is 8.98. The van der Waals surface area contributed by atoms with Crippen molar-refractivity contribution in [2.75, 3.05) is 18.0 Å². The van der Waals surface area contributed by atoms with E-state index in [1.807, 2.05) is 33.7 Å². The first-order chi connectivity index (χ1) is 19.2. The molecule has 8 nitrogen and oxygen atoms in total. The van der Waals surface area contributed by atoms with E-state index >= 15 is 0 Å². The van der Waals surface area contributed by atoms with Crippen LogP contribution in [0.2, 0.25) is 0 Å². The zero-order valence-electron chi connectivity index (χ0n) is 24.6. The van der Waals surface area contributed by atoms with E-state index in [-0.39, 0.29) is 24.4 Å². The van der Waals surface area contributed by atoms with Crippen LogP contribution in [0.3, 0.4) is 0 Å². The Bertz CT molecular complexity index is 1230. The molecule has 2 unspecified atom stereocenters. The molecule has 2 aliphatic heterocycles. The number of piperidine rings is 1. The van der Waals surface area contributed by atoms with Crippen LogP contribution in [0.25, 0.3) is 11.0 Å². The minimum Gasteiger partial charge on any atom is -0.385 e. The summed E-state index contributed by atoms with van der Waals surface area (Å²) in [4.78, 5) is 36.0. The van der Waals surface area contributed by atoms with Crippen LogP contribution in [0.15, 0.2) is 29.1 Å². The number of aromatic nitrogens is 2. The zero-order chi connectivity index (χ0) is 28.4. The number of carbonyl (C=O) groups excluding carboxylic acids is 1. The molecular weight excluding hydrogens is 504 g/mol. The number of hydrogen-bond donors (Lipinski definition) is 2. The number of nitrogens with zero attached hydrogens (tertiary/aromatic N) is 4. The molecule has 2 N–H and O–H groups in total. The van der Waals surface area contributed by atoms with E-state index in [9.17, 15) is 19.8 Å². The van der Waals surface area contributed by atoms with Gasteiger partial charge in [-0.1, -0.05) is 44.2 Å². The topological polar surface area (TPSA) is 98.9 Å². The molecule has 0 bridgehead atoms. The van der Waals surface area contributed by atoms with Crippen molar-refractivity contribution in [2.45, 2.75) is 134 Å². The first-order valence-corrected chi connectivity index (χ1v) is 15.7. The highest BCUT2D eigenvalue weighted by Crippen LogP contribution is 2.36. The Hall–Kier alpha value is -2.29. The normalized spacial score (nSPS) is 26.4. The van der Waals surface area contributed by atoms with Gasteiger partial charge >= 0.3 is 0 Å². The van der Waals surface area contributed by atoms with Crippen molar-refractivity contribution in [3.63, 3.8) is 0 Å². The molecule has 4 atom stereocenters. The second-order valence-corrected chi connectivity index (χ2v) is 12.8. The summed E-state index contributed by atoms with van der Waals surface area (Å²) in [5.74, 6) is -0.168. The number of hydrogen-bond acceptors (Lipinski definition) is 7. The van der Waals surface area contributed by atoms with Gasteiger partial charge in [0.05, 0.1) is 11.0 Å². The van der Waals surface area contributed by atoms with Crippen LogP contribution in [-0.2, 0) is 4.79 Å². The highest BCUT2D eigenvalue weighted by atomic mass is 16.3. The largest absolute Gasteiger partial charge is 0.385 e. The Morgan fingerprint density at radius 1 is 1.02 bits per heavy atom. The molecule has 0 radical (unpaired) electrons. The molecule has 0 amide bonds. The fourth-order valence-electron chi connectivity index (χ4n) is 7.73. The van der Waals surface area contributed by atoms with E-state index < -0.39 is 17.5 Å². The molecule has 3 aliphatic rings. The second-order valence-electron chi connectivity index (χ2n) is 12.8. The molecular formula is C32H48N4O4. The number of likely N-dealkylation sites (tertiary alicyclic amines) is 1. The minimum absolute atomic E-state index is 0.00375. The minimum atomic E-state index is -1.56. The van der Waals surface area contributed by atoms with Crippen molar-refractivity contribution in [3.8, 4) is 0 Å². The summed E-state index contributed by atoms with van der Waals surface area (Å²) in [5, 5.41) is 20.6. The van der Waals surface area contributed by atoms with Gasteiger partial charge in [0.25, 0.3) is 5.56 Å². The van der Waals surface area contributed by atoms with Gasteiger partial charge in [0.15, 0.2) is 11.6 Å². The molecule has 3 fully saturated rings. The maximum atomic E-state index is 14.1. The van der Waals surface area contributed by atoms with Crippen LogP contribution in [0, 0.1) is 0 Å². The molecule has 2 aromatic rings. The van der Waals surface area contributed by atoms with E-state index in [0.717, 1.165) is 17.5 Å². The summed E-state index contributed by atoms with van der Waals surface area (Å²) in [7, 11) is 0. The summed E-state index contributed by atoms with van der Waals surface area (Å²) < 4.78 is 1.94. The molecule has 1 aromatic carbocycles. The Labute approximate surface area is 238 Å². The predicted octanol–water partition coefficient (Wildman–Crippen LogP) is 4.59. The van der Waals surface area contributed by atoms with Crippen molar-refractivity contribution in [2.24, 2.45) is 0 Å². The first kappa shape index (κ1) is 29.2. The highest BCUT2D eigenvalue weighted by molar-refractivity contribution is 5.90. The van der Waals surface area contributed by atoms with Crippen molar-refractivity contribution >= 4 is 22.6 Å². The molecule has 1 saturated carbocycles. The van der Waals surface area contributed by atoms with Gasteiger partial charge in [0.2, 0.25) is 0 Å². The number of aliphatic hydroxyl groups is 2. The van der Waals surface area contributed by atoms with E-state index in [2.05, 4.69) is 18.7 Å². The summed E-state index contributed by atoms with van der Waals surface area (Å²) in [5.41, 5.74) is -0.0401. The van der Waals surface area contributed by atoms with E-state index in [1.54, 1.807) is 0 Å². The summed E-state index contributed by atoms with van der Waals surface area (Å²) in [6, 6.07) is 9.56. The Morgan fingerprint density at radius 3 is 2.35 bits per heavy atom. The second kappa shape index (κ2) is 12.3. The quantitative estimate of drug-likeness (QED) is 0.518. The van der Waals surface area contributed by atoms with Crippen molar-refractivity contribution < 1.29 is 15.0 Å². The maximum absolute atomic E-state index is 14.1. The number of Topliss-reactive ketones (excluding diaryl/α,β-unsaturated/α-hetero) is 1. The standard InChI is InChI=1S/C32H48N4O4/c1-22-15-16-26(35(22)25-11-7-5-4-6-8-12-25)21-23(2)36-28-14-10-9-13-27(28)33-30(31(36)39)34-19-17-32(40,18-20-34)29(38)24(3)37/h9-10,13-14,22-26,37,40H,4-8,11-12,15-21H2,1-3H3/t22?,23-,24?,26-/m0/s1. The van der Waals surface area contributed by atoms with Gasteiger partial charge in [-0.05, 0) is 65.0 Å². The predicted molar refractivity (Wildman–Crippen MR) is 159 cm³/mol. The number of rotatable bonds is 7. The lowest BCUT2D eigenvalue weighted by molar-refractivity contribution is -0.147. The molecule has 0 spiro atoms. The monoisotopic (exact) mass is 552 g/mol. The number of carbonyl (C=O) groups is 1. The van der Waals surface area contributed by atoms with Gasteiger partial charge < -0.3 is 19.7 Å². The van der Waals surface area contributed by atoms with Crippen molar-refractivity contribution in [1.29, 1.82) is 0 Å². The lowest BCUT2D eigenvalue weighted by atomic mass is 9.85. The molecule has 5 rings (SSSR count). The van der Waals surface area contributed by atoms with Gasteiger partial charge in [0, 0.05) is 50.1 Å². The lowest BCUT2D eigenvalue weighted by Gasteiger charge is -2.39. The summed E-state index contributed by atoms with van der Waals surface area (Å²) in [6.45, 7) is 6.61. The molecule has 3 heterocycles. The lowest BCUT2D eigenvalue weighted by Crippen LogP contribution is -2.53. The molecule has 40 heavy (non-hydrogen) atoms. The fourth-order valence-corrected chi connectivity index (χ4v) is 7.73. The average molecular weight is 553 g/mol. The molecule has 2 saturated heterocycles. The smallest absolute Gasteiger partial charge is 0.294 e. The van der Waals surface area contributed by atoms with E-state index in [1.165, 1.54) is 64.7 Å². The van der Waals surface area contributed by atoms with Crippen LogP contribution >= 0.6 is 0 Å². The number of para-hydroxylation sites is 2. The van der Waals surface area contributed by atoms with Crippen LogP contribution in [0.4, 0.5) is 5.82 Å². The van der Waals surface area contributed by atoms with Gasteiger partial charge in [-0.25, -0.2) is 4.98 Å². The molecule has 1 aromatic heterocycles. The third kappa shape index (κ3) is 5.86. The average Bonchev–Trinajstić information content (AvgIpc) is 3.27. The van der Waals surface area contributed by atoms with E-state index in [4.69, 9.17) is 4.98 Å². The van der Waals surface area contributed by atoms with Crippen molar-refractivity contribution in [3.05, 3.63) is 34.6 Å². The third-order valence-corrected chi connectivity index (χ3v) is 9.90. The van der Waals surface area contributed by atoms with Gasteiger partial charge in [-0.2, -0.15) is 0 Å². The van der Waals surface area contributed by atoms with Crippen LogP contribution in [-0.4, -0.2) is 73.4 Å². The molecule has 220 valence electrons. The maximum Gasteiger partial charge on any atom is 0.294 e. The van der Waals surface area contributed by atoms with Crippen LogP contribution in [0.5, 0.6) is 0 Å².